The monoisotopic (exact) mass is 508 g/mol. The number of thioether (sulfide) groups is 1. The number of allylic oxidation sites excluding steroid dienone is 1. The maximum absolute atomic E-state index is 13.9. The summed E-state index contributed by atoms with van der Waals surface area (Å²) in [5.41, 5.74) is 0.884. The van der Waals surface area contributed by atoms with Gasteiger partial charge in [0.15, 0.2) is 16.8 Å². The Morgan fingerprint density at radius 2 is 2.10 bits per heavy atom. The Bertz CT molecular complexity index is 1080. The summed E-state index contributed by atoms with van der Waals surface area (Å²) in [6, 6.07) is 9.42. The van der Waals surface area contributed by atoms with E-state index < -0.39 is 17.5 Å². The number of benzene rings is 2. The average Bonchev–Trinajstić information content (AvgIpc) is 3.10. The highest BCUT2D eigenvalue weighted by Gasteiger charge is 2.17. The zero-order valence-electron chi connectivity index (χ0n) is 16.6. The van der Waals surface area contributed by atoms with E-state index in [-0.39, 0.29) is 22.5 Å². The van der Waals surface area contributed by atoms with E-state index in [1.54, 1.807) is 10.6 Å². The Labute approximate surface area is 190 Å². The molecular weight excluding hydrogens is 490 g/mol. The van der Waals surface area contributed by atoms with Crippen LogP contribution in [0.25, 0.3) is 0 Å². The van der Waals surface area contributed by atoms with Crippen molar-refractivity contribution in [1.29, 1.82) is 0 Å². The van der Waals surface area contributed by atoms with Crippen LogP contribution in [-0.2, 0) is 17.9 Å². The first-order valence-electron chi connectivity index (χ1n) is 9.17. The van der Waals surface area contributed by atoms with Crippen LogP contribution in [0.3, 0.4) is 0 Å². The zero-order chi connectivity index (χ0) is 22.4. The predicted molar refractivity (Wildman–Crippen MR) is 119 cm³/mol. The number of anilines is 1. The molecule has 6 nitrogen and oxygen atoms in total. The molecule has 1 aromatic heterocycles. The third-order valence-electron chi connectivity index (χ3n) is 4.16. The maximum Gasteiger partial charge on any atom is 0.234 e. The molecule has 0 saturated heterocycles. The van der Waals surface area contributed by atoms with Gasteiger partial charge < -0.3 is 10.1 Å². The lowest BCUT2D eigenvalue weighted by Gasteiger charge is -2.11. The van der Waals surface area contributed by atoms with Crippen LogP contribution in [0.15, 0.2) is 58.7 Å². The van der Waals surface area contributed by atoms with Crippen molar-refractivity contribution in [2.24, 2.45) is 0 Å². The van der Waals surface area contributed by atoms with Crippen molar-refractivity contribution in [3.63, 3.8) is 0 Å². The van der Waals surface area contributed by atoms with Gasteiger partial charge in [0.2, 0.25) is 5.91 Å². The molecule has 0 bridgehead atoms. The largest absolute Gasteiger partial charge is 0.485 e. The van der Waals surface area contributed by atoms with Crippen molar-refractivity contribution in [1.82, 2.24) is 14.8 Å². The quantitative estimate of drug-likeness (QED) is 0.320. The van der Waals surface area contributed by atoms with Crippen molar-refractivity contribution in [3.8, 4) is 5.75 Å². The minimum atomic E-state index is -0.865. The van der Waals surface area contributed by atoms with E-state index in [2.05, 4.69) is 38.0 Å². The van der Waals surface area contributed by atoms with Crippen molar-refractivity contribution in [3.05, 3.63) is 76.5 Å². The molecule has 0 atom stereocenters. The number of nitrogens with zero attached hydrogens (tertiary/aromatic N) is 3. The topological polar surface area (TPSA) is 69.0 Å². The summed E-state index contributed by atoms with van der Waals surface area (Å²) in [5, 5.41) is 11.2. The standard InChI is InChI=1S/C21H19BrF2N4O2S/c1-3-8-28-18(11-30-17-7-5-4-6-13(17)2)26-27-21(28)31-12-19(29)25-20-15(22)9-14(23)10-16(20)24/h3-7,9-10H,1,8,11-12H2,2H3,(H,25,29). The van der Waals surface area contributed by atoms with E-state index >= 15 is 0 Å². The summed E-state index contributed by atoms with van der Waals surface area (Å²) in [5.74, 6) is -0.793. The third kappa shape index (κ3) is 5.92. The van der Waals surface area contributed by atoms with Gasteiger partial charge >= 0.3 is 0 Å². The van der Waals surface area contributed by atoms with Crippen LogP contribution in [0.2, 0.25) is 0 Å². The van der Waals surface area contributed by atoms with Gasteiger partial charge in [-0.1, -0.05) is 36.0 Å². The molecular formula is C21H19BrF2N4O2S. The fourth-order valence-electron chi connectivity index (χ4n) is 2.67. The van der Waals surface area contributed by atoms with Crippen LogP contribution in [-0.4, -0.2) is 26.4 Å². The molecule has 1 heterocycles. The van der Waals surface area contributed by atoms with E-state index in [0.29, 0.717) is 23.6 Å². The highest BCUT2D eigenvalue weighted by Crippen LogP contribution is 2.27. The molecule has 1 N–H and O–H groups in total. The first-order chi connectivity index (χ1) is 14.9. The number of ether oxygens (including phenoxy) is 1. The lowest BCUT2D eigenvalue weighted by molar-refractivity contribution is -0.113. The van der Waals surface area contributed by atoms with Gasteiger partial charge in [-0.05, 0) is 40.5 Å². The Kier molecular flexibility index (Phi) is 7.80. The van der Waals surface area contributed by atoms with Gasteiger partial charge in [-0.3, -0.25) is 9.36 Å². The number of halogens is 3. The summed E-state index contributed by atoms with van der Waals surface area (Å²) in [4.78, 5) is 12.3. The van der Waals surface area contributed by atoms with Crippen LogP contribution in [0.4, 0.5) is 14.5 Å². The van der Waals surface area contributed by atoms with Gasteiger partial charge in [-0.2, -0.15) is 0 Å². The van der Waals surface area contributed by atoms with Crippen molar-refractivity contribution in [2.75, 3.05) is 11.1 Å². The van der Waals surface area contributed by atoms with E-state index in [9.17, 15) is 13.6 Å². The van der Waals surface area contributed by atoms with E-state index in [1.807, 2.05) is 31.2 Å². The number of amides is 1. The molecule has 3 aromatic rings. The Balaban J connectivity index is 1.65. The van der Waals surface area contributed by atoms with Gasteiger partial charge in [-0.15, -0.1) is 16.8 Å². The molecule has 0 unspecified atom stereocenters. The Morgan fingerprint density at radius 1 is 1.32 bits per heavy atom. The zero-order valence-corrected chi connectivity index (χ0v) is 19.0. The van der Waals surface area contributed by atoms with Crippen molar-refractivity contribution in [2.45, 2.75) is 25.2 Å². The lowest BCUT2D eigenvalue weighted by Crippen LogP contribution is -2.16. The Hall–Kier alpha value is -2.72. The molecule has 0 aliphatic heterocycles. The first kappa shape index (κ1) is 23.0. The summed E-state index contributed by atoms with van der Waals surface area (Å²) < 4.78 is 34.9. The number of hydrogen-bond acceptors (Lipinski definition) is 5. The highest BCUT2D eigenvalue weighted by atomic mass is 79.9. The molecule has 0 radical (unpaired) electrons. The number of aryl methyl sites for hydroxylation is 1. The molecule has 162 valence electrons. The molecule has 0 saturated carbocycles. The molecule has 1 amide bonds. The molecule has 31 heavy (non-hydrogen) atoms. The summed E-state index contributed by atoms with van der Waals surface area (Å²) in [6.45, 7) is 6.33. The second-order valence-electron chi connectivity index (χ2n) is 6.43. The number of nitrogens with one attached hydrogen (secondary N) is 1. The SMILES string of the molecule is C=CCn1c(COc2ccccc2C)nnc1SCC(=O)Nc1c(F)cc(F)cc1Br. The highest BCUT2D eigenvalue weighted by molar-refractivity contribution is 9.10. The van der Waals surface area contributed by atoms with Crippen LogP contribution >= 0.6 is 27.7 Å². The number of para-hydroxylation sites is 1. The number of carbonyl (C=O) groups is 1. The first-order valence-corrected chi connectivity index (χ1v) is 11.0. The van der Waals surface area contributed by atoms with Crippen LogP contribution < -0.4 is 10.1 Å². The van der Waals surface area contributed by atoms with Gasteiger partial charge in [0.25, 0.3) is 0 Å². The summed E-state index contributed by atoms with van der Waals surface area (Å²) >= 11 is 4.18. The van der Waals surface area contributed by atoms with Gasteiger partial charge in [-0.25, -0.2) is 8.78 Å². The van der Waals surface area contributed by atoms with Gasteiger partial charge in [0, 0.05) is 17.1 Å². The second kappa shape index (κ2) is 10.5. The lowest BCUT2D eigenvalue weighted by atomic mass is 10.2. The van der Waals surface area contributed by atoms with Crippen LogP contribution in [0.1, 0.15) is 11.4 Å². The third-order valence-corrected chi connectivity index (χ3v) is 5.75. The van der Waals surface area contributed by atoms with Crippen LogP contribution in [0.5, 0.6) is 5.75 Å². The number of carbonyl (C=O) groups excluding carboxylic acids is 1. The smallest absolute Gasteiger partial charge is 0.234 e. The predicted octanol–water partition coefficient (Wildman–Crippen LogP) is 5.12. The Morgan fingerprint density at radius 3 is 2.81 bits per heavy atom. The van der Waals surface area contributed by atoms with E-state index in [4.69, 9.17) is 4.74 Å². The van der Waals surface area contributed by atoms with E-state index in [1.165, 1.54) is 0 Å². The second-order valence-corrected chi connectivity index (χ2v) is 8.23. The van der Waals surface area contributed by atoms with Crippen LogP contribution in [0, 0.1) is 18.6 Å². The van der Waals surface area contributed by atoms with Crippen molar-refractivity contribution >= 4 is 39.3 Å². The summed E-state index contributed by atoms with van der Waals surface area (Å²) in [6.07, 6.45) is 1.69. The number of hydrogen-bond donors (Lipinski definition) is 1. The molecule has 0 aliphatic rings. The molecule has 0 fully saturated rings. The molecule has 10 heteroatoms. The molecule has 3 rings (SSSR count). The maximum atomic E-state index is 13.9. The van der Waals surface area contributed by atoms with Crippen molar-refractivity contribution < 1.29 is 18.3 Å². The minimum absolute atomic E-state index is 0.0445. The molecule has 0 aliphatic carbocycles. The number of aromatic nitrogens is 3. The van der Waals surface area contributed by atoms with E-state index in [0.717, 1.165) is 29.1 Å². The number of rotatable bonds is 9. The fourth-order valence-corrected chi connectivity index (χ4v) is 3.95. The molecule has 0 spiro atoms. The molecule has 2 aromatic carbocycles. The summed E-state index contributed by atoms with van der Waals surface area (Å²) in [7, 11) is 0. The van der Waals surface area contributed by atoms with Gasteiger partial charge in [0.1, 0.15) is 18.2 Å². The average molecular weight is 509 g/mol. The minimum Gasteiger partial charge on any atom is -0.485 e. The fraction of sp³-hybridized carbons (Fsp3) is 0.190. The normalized spacial score (nSPS) is 10.7. The van der Waals surface area contributed by atoms with Gasteiger partial charge in [0.05, 0.1) is 11.4 Å².